The molecule has 0 spiro atoms. The second-order valence-corrected chi connectivity index (χ2v) is 10.2. The van der Waals surface area contributed by atoms with E-state index in [2.05, 4.69) is 12.2 Å². The molecule has 0 radical (unpaired) electrons. The Kier molecular flexibility index (Phi) is 7.30. The van der Waals surface area contributed by atoms with Crippen molar-refractivity contribution in [2.75, 3.05) is 19.7 Å². The third-order valence-electron chi connectivity index (χ3n) is 5.97. The Bertz CT molecular complexity index is 1210. The van der Waals surface area contributed by atoms with Gasteiger partial charge >= 0.3 is 0 Å². The minimum Gasteiger partial charge on any atom is -0.492 e. The Labute approximate surface area is 195 Å². The zero-order valence-corrected chi connectivity index (χ0v) is 19.7. The molecule has 1 heterocycles. The van der Waals surface area contributed by atoms with Gasteiger partial charge in [-0.1, -0.05) is 55.8 Å². The van der Waals surface area contributed by atoms with Gasteiger partial charge in [0.15, 0.2) is 0 Å². The Balaban J connectivity index is 1.35. The van der Waals surface area contributed by atoms with E-state index in [1.54, 1.807) is 18.2 Å². The molecule has 3 aromatic rings. The van der Waals surface area contributed by atoms with Crippen LogP contribution in [0.2, 0.25) is 0 Å². The van der Waals surface area contributed by atoms with E-state index >= 15 is 0 Å². The summed E-state index contributed by atoms with van der Waals surface area (Å²) < 4.78 is 33.6. The average molecular weight is 467 g/mol. The van der Waals surface area contributed by atoms with E-state index in [4.69, 9.17) is 4.74 Å². The summed E-state index contributed by atoms with van der Waals surface area (Å²) in [5, 5.41) is 4.68. The van der Waals surface area contributed by atoms with Crippen LogP contribution in [0.4, 0.5) is 0 Å². The lowest BCUT2D eigenvalue weighted by molar-refractivity contribution is -0.124. The third-order valence-corrected chi connectivity index (χ3v) is 7.87. The van der Waals surface area contributed by atoms with Crippen LogP contribution in [0.5, 0.6) is 5.75 Å². The normalized spacial score (nSPS) is 16.7. The van der Waals surface area contributed by atoms with Crippen molar-refractivity contribution in [3.05, 3.63) is 72.3 Å². The van der Waals surface area contributed by atoms with Crippen LogP contribution in [0.1, 0.15) is 31.7 Å². The summed E-state index contributed by atoms with van der Waals surface area (Å²) in [4.78, 5) is 13.0. The third kappa shape index (κ3) is 5.37. The summed E-state index contributed by atoms with van der Waals surface area (Å²) >= 11 is 0. The molecule has 33 heavy (non-hydrogen) atoms. The van der Waals surface area contributed by atoms with Gasteiger partial charge in [-0.25, -0.2) is 8.42 Å². The van der Waals surface area contributed by atoms with Crippen LogP contribution in [0.15, 0.2) is 71.6 Å². The summed E-state index contributed by atoms with van der Waals surface area (Å²) in [6.07, 6.45) is 3.31. The molecule has 1 aliphatic rings. The summed E-state index contributed by atoms with van der Waals surface area (Å²) in [5.41, 5.74) is 1.27. The van der Waals surface area contributed by atoms with Gasteiger partial charge in [0.1, 0.15) is 18.4 Å². The van der Waals surface area contributed by atoms with Gasteiger partial charge in [-0.15, -0.1) is 0 Å². The van der Waals surface area contributed by atoms with Crippen molar-refractivity contribution in [3.8, 4) is 5.75 Å². The molecule has 0 aliphatic carbocycles. The lowest BCUT2D eigenvalue weighted by atomic mass is 10.1. The number of carbonyl (C=O) groups is 1. The van der Waals surface area contributed by atoms with Crippen molar-refractivity contribution in [1.29, 1.82) is 0 Å². The minimum absolute atomic E-state index is 0.218. The van der Waals surface area contributed by atoms with Gasteiger partial charge in [0.05, 0.1) is 11.4 Å². The minimum atomic E-state index is -3.77. The molecule has 0 bridgehead atoms. The number of hydrogen-bond donors (Lipinski definition) is 1. The number of benzene rings is 3. The number of carbonyl (C=O) groups excluding carboxylic acids is 1. The van der Waals surface area contributed by atoms with Crippen molar-refractivity contribution < 1.29 is 17.9 Å². The number of sulfonamides is 1. The summed E-state index contributed by atoms with van der Waals surface area (Å²) in [7, 11) is -3.77. The topological polar surface area (TPSA) is 75.7 Å². The van der Waals surface area contributed by atoms with Gasteiger partial charge in [-0.3, -0.25) is 4.79 Å². The highest BCUT2D eigenvalue weighted by Crippen LogP contribution is 2.28. The van der Waals surface area contributed by atoms with Gasteiger partial charge in [0, 0.05) is 6.54 Å². The van der Waals surface area contributed by atoms with Crippen molar-refractivity contribution >= 4 is 26.7 Å². The standard InChI is InChI=1S/C26H30N2O4S/c1-2-6-20-10-13-23(14-11-20)32-18-16-27-26(29)25-9-5-17-28(25)33(30,31)24-15-12-21-7-3-4-8-22(21)19-24/h3-4,7-8,10-15,19,25H,2,5-6,9,16-18H2,1H3,(H,27,29). The monoisotopic (exact) mass is 466 g/mol. The van der Waals surface area contributed by atoms with Gasteiger partial charge in [-0.2, -0.15) is 4.31 Å². The van der Waals surface area contributed by atoms with Gasteiger partial charge in [0.2, 0.25) is 15.9 Å². The molecule has 0 saturated carbocycles. The van der Waals surface area contributed by atoms with Crippen molar-refractivity contribution in [2.45, 2.75) is 43.5 Å². The molecule has 174 valence electrons. The fraction of sp³-hybridized carbons (Fsp3) is 0.346. The zero-order valence-electron chi connectivity index (χ0n) is 18.9. The number of ether oxygens (including phenoxy) is 1. The fourth-order valence-electron chi connectivity index (χ4n) is 4.26. The van der Waals surface area contributed by atoms with E-state index in [0.29, 0.717) is 32.5 Å². The summed E-state index contributed by atoms with van der Waals surface area (Å²) in [6.45, 7) is 3.12. The van der Waals surface area contributed by atoms with Gasteiger partial charge < -0.3 is 10.1 Å². The van der Waals surface area contributed by atoms with Crippen molar-refractivity contribution in [1.82, 2.24) is 9.62 Å². The molecular formula is C26H30N2O4S. The molecule has 1 amide bonds. The largest absolute Gasteiger partial charge is 0.492 e. The highest BCUT2D eigenvalue weighted by molar-refractivity contribution is 7.89. The molecule has 1 saturated heterocycles. The Hall–Kier alpha value is -2.90. The van der Waals surface area contributed by atoms with Crippen LogP contribution in [-0.4, -0.2) is 44.4 Å². The molecular weight excluding hydrogens is 436 g/mol. The summed E-state index contributed by atoms with van der Waals surface area (Å²) in [5.74, 6) is 0.476. The fourth-order valence-corrected chi connectivity index (χ4v) is 5.95. The van der Waals surface area contributed by atoms with Crippen LogP contribution in [0, 0.1) is 0 Å². The first-order valence-corrected chi connectivity index (χ1v) is 12.9. The lowest BCUT2D eigenvalue weighted by Gasteiger charge is -2.23. The molecule has 7 heteroatoms. The van der Waals surface area contributed by atoms with Crippen LogP contribution in [0.25, 0.3) is 10.8 Å². The smallest absolute Gasteiger partial charge is 0.243 e. The number of aryl methyl sites for hydroxylation is 1. The van der Waals surface area contributed by atoms with E-state index in [0.717, 1.165) is 29.4 Å². The first-order chi connectivity index (χ1) is 16.0. The maximum absolute atomic E-state index is 13.3. The first-order valence-electron chi connectivity index (χ1n) is 11.5. The van der Waals surface area contributed by atoms with Gasteiger partial charge in [-0.05, 0) is 59.9 Å². The quantitative estimate of drug-likeness (QED) is 0.481. The highest BCUT2D eigenvalue weighted by atomic mass is 32.2. The second kappa shape index (κ2) is 10.4. The van der Waals surface area contributed by atoms with E-state index < -0.39 is 16.1 Å². The maximum Gasteiger partial charge on any atom is 0.243 e. The molecule has 1 atom stereocenters. The zero-order chi connectivity index (χ0) is 23.3. The number of nitrogens with zero attached hydrogens (tertiary/aromatic N) is 1. The molecule has 3 aromatic carbocycles. The van der Waals surface area contributed by atoms with Crippen LogP contribution in [-0.2, 0) is 21.2 Å². The lowest BCUT2D eigenvalue weighted by Crippen LogP contribution is -2.46. The van der Waals surface area contributed by atoms with Crippen LogP contribution in [0.3, 0.4) is 0 Å². The predicted molar refractivity (Wildman–Crippen MR) is 130 cm³/mol. The van der Waals surface area contributed by atoms with Crippen molar-refractivity contribution in [3.63, 3.8) is 0 Å². The second-order valence-electron chi connectivity index (χ2n) is 8.32. The molecule has 6 nitrogen and oxygen atoms in total. The molecule has 1 unspecified atom stereocenters. The molecule has 1 aliphatic heterocycles. The van der Waals surface area contributed by atoms with E-state index in [9.17, 15) is 13.2 Å². The van der Waals surface area contributed by atoms with E-state index in [1.807, 2.05) is 48.5 Å². The molecule has 1 N–H and O–H groups in total. The van der Waals surface area contributed by atoms with Crippen LogP contribution >= 0.6 is 0 Å². The summed E-state index contributed by atoms with van der Waals surface area (Å²) in [6, 6.07) is 20.0. The number of fused-ring (bicyclic) bond motifs is 1. The highest BCUT2D eigenvalue weighted by Gasteiger charge is 2.39. The Morgan fingerprint density at radius 2 is 1.82 bits per heavy atom. The molecule has 0 aromatic heterocycles. The van der Waals surface area contributed by atoms with Gasteiger partial charge in [0.25, 0.3) is 0 Å². The molecule has 1 fully saturated rings. The maximum atomic E-state index is 13.3. The average Bonchev–Trinajstić information content (AvgIpc) is 3.34. The SMILES string of the molecule is CCCc1ccc(OCCNC(=O)C2CCCN2S(=O)(=O)c2ccc3ccccc3c2)cc1. The number of amides is 1. The van der Waals surface area contributed by atoms with Crippen molar-refractivity contribution in [2.24, 2.45) is 0 Å². The van der Waals surface area contributed by atoms with Crippen LogP contribution < -0.4 is 10.1 Å². The van der Waals surface area contributed by atoms with E-state index in [1.165, 1.54) is 9.87 Å². The van der Waals surface area contributed by atoms with E-state index in [-0.39, 0.29) is 10.8 Å². The number of hydrogen-bond acceptors (Lipinski definition) is 4. The predicted octanol–water partition coefficient (Wildman–Crippen LogP) is 4.14. The molecule has 4 rings (SSSR count). The Morgan fingerprint density at radius 1 is 1.06 bits per heavy atom. The number of rotatable bonds is 9. The Morgan fingerprint density at radius 3 is 2.58 bits per heavy atom. The first kappa shape index (κ1) is 23.3. The number of nitrogens with one attached hydrogen (secondary N) is 1.